The molecule has 0 radical (unpaired) electrons. The molecule has 0 unspecified atom stereocenters. The number of anilines is 1. The lowest BCUT2D eigenvalue weighted by atomic mass is 10.1. The topological polar surface area (TPSA) is 65.4 Å². The van der Waals surface area contributed by atoms with Crippen LogP contribution in [-0.4, -0.2) is 48.5 Å². The minimum atomic E-state index is -0.399. The zero-order valence-electron chi connectivity index (χ0n) is 15.7. The van der Waals surface area contributed by atoms with Gasteiger partial charge in [-0.25, -0.2) is 0 Å². The number of carbonyl (C=O) groups is 1. The van der Waals surface area contributed by atoms with E-state index in [0.29, 0.717) is 5.56 Å². The van der Waals surface area contributed by atoms with Crippen molar-refractivity contribution in [2.45, 2.75) is 13.3 Å². The molecule has 3 aromatic rings. The summed E-state index contributed by atoms with van der Waals surface area (Å²) in [6.45, 7) is 7.85. The van der Waals surface area contributed by atoms with Crippen molar-refractivity contribution in [1.29, 1.82) is 0 Å². The standard InChI is InChI=1S/C22H26N4O/c1-2-10-25-11-13-26(14-12-25)17-8-6-16(7-9-17)21-15-19-18(22(23)27)4-3-5-20(19)24-21/h3-9,15,24H,2,10-14H2,1H3,(H2,23,27). The number of H-pyrrole nitrogens is 1. The van der Waals surface area contributed by atoms with Crippen LogP contribution >= 0.6 is 0 Å². The van der Waals surface area contributed by atoms with Crippen LogP contribution in [0.5, 0.6) is 0 Å². The molecule has 1 aliphatic rings. The van der Waals surface area contributed by atoms with Gasteiger partial charge in [-0.1, -0.05) is 25.1 Å². The minimum absolute atomic E-state index is 0.399. The van der Waals surface area contributed by atoms with Gasteiger partial charge in [-0.3, -0.25) is 9.69 Å². The van der Waals surface area contributed by atoms with E-state index in [-0.39, 0.29) is 0 Å². The first-order valence-electron chi connectivity index (χ1n) is 9.65. The number of aromatic nitrogens is 1. The molecule has 2 heterocycles. The predicted octanol–water partition coefficient (Wildman–Crippen LogP) is 3.47. The maximum Gasteiger partial charge on any atom is 0.249 e. The van der Waals surface area contributed by atoms with Crippen molar-refractivity contribution in [3.63, 3.8) is 0 Å². The Kier molecular flexibility index (Phi) is 4.86. The average molecular weight is 362 g/mol. The lowest BCUT2D eigenvalue weighted by Gasteiger charge is -2.36. The second-order valence-electron chi connectivity index (χ2n) is 7.19. The van der Waals surface area contributed by atoms with Crippen LogP contribution < -0.4 is 10.6 Å². The number of aromatic amines is 1. The fraction of sp³-hybridized carbons (Fsp3) is 0.318. The summed E-state index contributed by atoms with van der Waals surface area (Å²) in [5.41, 5.74) is 10.3. The highest BCUT2D eigenvalue weighted by molar-refractivity contribution is 6.06. The molecule has 0 atom stereocenters. The Balaban J connectivity index is 1.54. The van der Waals surface area contributed by atoms with Crippen molar-refractivity contribution in [2.24, 2.45) is 5.73 Å². The third-order valence-electron chi connectivity index (χ3n) is 5.39. The van der Waals surface area contributed by atoms with Crippen LogP contribution in [-0.2, 0) is 0 Å². The van der Waals surface area contributed by atoms with Crippen molar-refractivity contribution in [3.05, 3.63) is 54.1 Å². The first-order chi connectivity index (χ1) is 13.2. The zero-order valence-corrected chi connectivity index (χ0v) is 15.7. The minimum Gasteiger partial charge on any atom is -0.369 e. The highest BCUT2D eigenvalue weighted by Gasteiger charge is 2.16. The first-order valence-corrected chi connectivity index (χ1v) is 9.65. The summed E-state index contributed by atoms with van der Waals surface area (Å²) in [7, 11) is 0. The van der Waals surface area contributed by atoms with Crippen LogP contribution in [0.1, 0.15) is 23.7 Å². The second-order valence-corrected chi connectivity index (χ2v) is 7.19. The highest BCUT2D eigenvalue weighted by atomic mass is 16.1. The van der Waals surface area contributed by atoms with Crippen LogP contribution in [0.15, 0.2) is 48.5 Å². The lowest BCUT2D eigenvalue weighted by Crippen LogP contribution is -2.46. The lowest BCUT2D eigenvalue weighted by molar-refractivity contribution is 0.100. The molecule has 1 saturated heterocycles. The molecular formula is C22H26N4O. The van der Waals surface area contributed by atoms with Crippen molar-refractivity contribution in [3.8, 4) is 11.3 Å². The quantitative estimate of drug-likeness (QED) is 0.730. The molecular weight excluding hydrogens is 336 g/mol. The number of benzene rings is 2. The Morgan fingerprint density at radius 2 is 1.81 bits per heavy atom. The van der Waals surface area contributed by atoms with Crippen molar-refractivity contribution >= 4 is 22.5 Å². The fourth-order valence-electron chi connectivity index (χ4n) is 3.92. The Hall–Kier alpha value is -2.79. The van der Waals surface area contributed by atoms with Crippen LogP contribution in [0.2, 0.25) is 0 Å². The van der Waals surface area contributed by atoms with Gasteiger partial charge in [0.15, 0.2) is 0 Å². The molecule has 3 N–H and O–H groups in total. The van der Waals surface area contributed by atoms with Crippen LogP contribution in [0.25, 0.3) is 22.2 Å². The molecule has 5 heteroatoms. The van der Waals surface area contributed by atoms with E-state index < -0.39 is 5.91 Å². The third-order valence-corrected chi connectivity index (χ3v) is 5.39. The van der Waals surface area contributed by atoms with E-state index in [2.05, 4.69) is 46.0 Å². The van der Waals surface area contributed by atoms with Gasteiger partial charge in [0, 0.05) is 54.0 Å². The van der Waals surface area contributed by atoms with E-state index in [4.69, 9.17) is 5.73 Å². The number of nitrogens with one attached hydrogen (secondary N) is 1. The summed E-state index contributed by atoms with van der Waals surface area (Å²) in [6, 6.07) is 16.2. The molecule has 0 spiro atoms. The van der Waals surface area contributed by atoms with Gasteiger partial charge in [-0.2, -0.15) is 0 Å². The largest absolute Gasteiger partial charge is 0.369 e. The maximum absolute atomic E-state index is 11.6. The Bertz CT molecular complexity index is 937. The van der Waals surface area contributed by atoms with Crippen LogP contribution in [0, 0.1) is 0 Å². The number of amides is 1. The van der Waals surface area contributed by atoms with Crippen molar-refractivity contribution < 1.29 is 4.79 Å². The van der Waals surface area contributed by atoms with Crippen molar-refractivity contribution in [2.75, 3.05) is 37.6 Å². The van der Waals surface area contributed by atoms with E-state index in [1.807, 2.05) is 18.2 Å². The second kappa shape index (κ2) is 7.45. The van der Waals surface area contributed by atoms with E-state index in [1.54, 1.807) is 6.07 Å². The summed E-state index contributed by atoms with van der Waals surface area (Å²) in [5.74, 6) is -0.399. The van der Waals surface area contributed by atoms with Crippen LogP contribution in [0.3, 0.4) is 0 Å². The van der Waals surface area contributed by atoms with Gasteiger partial charge in [-0.15, -0.1) is 0 Å². The van der Waals surface area contributed by atoms with Gasteiger partial charge in [-0.05, 0) is 48.9 Å². The Morgan fingerprint density at radius 1 is 1.07 bits per heavy atom. The van der Waals surface area contributed by atoms with Gasteiger partial charge in [0.1, 0.15) is 0 Å². The summed E-state index contributed by atoms with van der Waals surface area (Å²) < 4.78 is 0. The smallest absolute Gasteiger partial charge is 0.249 e. The van der Waals surface area contributed by atoms with Gasteiger partial charge in [0.2, 0.25) is 5.91 Å². The molecule has 5 nitrogen and oxygen atoms in total. The molecule has 1 aromatic heterocycles. The third kappa shape index (κ3) is 3.55. The molecule has 0 aliphatic carbocycles. The molecule has 1 amide bonds. The molecule has 4 rings (SSSR count). The number of nitrogens with two attached hydrogens (primary N) is 1. The number of piperazine rings is 1. The van der Waals surface area contributed by atoms with E-state index in [0.717, 1.165) is 48.3 Å². The van der Waals surface area contributed by atoms with Gasteiger partial charge in [0.05, 0.1) is 0 Å². The van der Waals surface area contributed by atoms with E-state index in [1.165, 1.54) is 18.7 Å². The number of nitrogens with zero attached hydrogens (tertiary/aromatic N) is 2. The Morgan fingerprint density at radius 3 is 2.48 bits per heavy atom. The van der Waals surface area contributed by atoms with E-state index in [9.17, 15) is 4.79 Å². The number of rotatable bonds is 5. The van der Waals surface area contributed by atoms with Gasteiger partial charge < -0.3 is 15.6 Å². The molecule has 1 aliphatic heterocycles. The molecule has 0 bridgehead atoms. The number of carbonyl (C=O) groups excluding carboxylic acids is 1. The molecule has 140 valence electrons. The summed E-state index contributed by atoms with van der Waals surface area (Å²) in [6.07, 6.45) is 1.22. The summed E-state index contributed by atoms with van der Waals surface area (Å²) >= 11 is 0. The summed E-state index contributed by atoms with van der Waals surface area (Å²) in [4.78, 5) is 20.0. The molecule has 1 fully saturated rings. The highest BCUT2D eigenvalue weighted by Crippen LogP contribution is 2.28. The van der Waals surface area contributed by atoms with E-state index >= 15 is 0 Å². The number of primary amides is 1. The number of hydrogen-bond acceptors (Lipinski definition) is 3. The zero-order chi connectivity index (χ0) is 18.8. The monoisotopic (exact) mass is 362 g/mol. The number of fused-ring (bicyclic) bond motifs is 1. The maximum atomic E-state index is 11.6. The summed E-state index contributed by atoms with van der Waals surface area (Å²) in [5, 5.41) is 0.871. The molecule has 2 aromatic carbocycles. The average Bonchev–Trinajstić information content (AvgIpc) is 3.13. The van der Waals surface area contributed by atoms with Crippen molar-refractivity contribution in [1.82, 2.24) is 9.88 Å². The SMILES string of the molecule is CCCN1CCN(c2ccc(-c3cc4c(C(N)=O)cccc4[nH]3)cc2)CC1. The van der Waals surface area contributed by atoms with Crippen LogP contribution in [0.4, 0.5) is 5.69 Å². The normalized spacial score (nSPS) is 15.4. The predicted molar refractivity (Wildman–Crippen MR) is 111 cm³/mol. The van der Waals surface area contributed by atoms with Gasteiger partial charge >= 0.3 is 0 Å². The van der Waals surface area contributed by atoms with Gasteiger partial charge in [0.25, 0.3) is 0 Å². The molecule has 0 saturated carbocycles. The number of hydrogen-bond donors (Lipinski definition) is 2. The fourth-order valence-corrected chi connectivity index (χ4v) is 3.92. The Labute approximate surface area is 159 Å². The molecule has 27 heavy (non-hydrogen) atoms. The first kappa shape index (κ1) is 17.6.